The van der Waals surface area contributed by atoms with Crippen LogP contribution in [0, 0.1) is 0 Å². The zero-order valence-corrected chi connectivity index (χ0v) is 18.6. The van der Waals surface area contributed by atoms with E-state index in [1.165, 1.54) is 12.1 Å². The number of piperazine rings is 1. The molecule has 3 rings (SSSR count). The normalized spacial score (nSPS) is 16.2. The number of carbonyl (C=O) groups excluding carboxylic acids is 2. The highest BCUT2D eigenvalue weighted by Gasteiger charge is 2.31. The highest BCUT2D eigenvalue weighted by molar-refractivity contribution is 6.30. The number of carbonyl (C=O) groups is 2. The number of benzene rings is 2. The van der Waals surface area contributed by atoms with E-state index in [2.05, 4.69) is 15.4 Å². The Morgan fingerprint density at radius 2 is 1.70 bits per heavy atom. The number of rotatable bonds is 7. The Kier molecular flexibility index (Phi) is 8.17. The number of hydrogen-bond acceptors (Lipinski definition) is 5. The number of anilines is 2. The van der Waals surface area contributed by atoms with Crippen molar-refractivity contribution in [2.75, 3.05) is 43.4 Å². The van der Waals surface area contributed by atoms with Crippen molar-refractivity contribution in [3.05, 3.63) is 53.6 Å². The molecule has 2 aromatic rings. The van der Waals surface area contributed by atoms with Crippen LogP contribution < -0.4 is 15.4 Å². The van der Waals surface area contributed by atoms with Crippen molar-refractivity contribution < 1.29 is 27.5 Å². The summed E-state index contributed by atoms with van der Waals surface area (Å²) in [5, 5.41) is 6.05. The van der Waals surface area contributed by atoms with E-state index in [1.807, 2.05) is 16.7 Å². The third-order valence-corrected chi connectivity index (χ3v) is 5.40. The third-order valence-electron chi connectivity index (χ3n) is 5.17. The molecule has 1 unspecified atom stereocenters. The SMILES string of the molecule is CC(C(=O)Nc1cccc(Cl)c1)N1CCN(CC(=O)Nc2ccc(OC(F)(F)F)cc2)CC1. The van der Waals surface area contributed by atoms with Crippen LogP contribution in [0.25, 0.3) is 0 Å². The van der Waals surface area contributed by atoms with Crippen LogP contribution in [-0.4, -0.2) is 66.7 Å². The maximum Gasteiger partial charge on any atom is 0.573 e. The van der Waals surface area contributed by atoms with Crippen LogP contribution in [0.5, 0.6) is 5.75 Å². The minimum absolute atomic E-state index is 0.137. The van der Waals surface area contributed by atoms with Crippen LogP contribution in [0.3, 0.4) is 0 Å². The second kappa shape index (κ2) is 10.9. The molecule has 1 atom stereocenters. The van der Waals surface area contributed by atoms with Crippen LogP contribution in [0.4, 0.5) is 24.5 Å². The van der Waals surface area contributed by atoms with E-state index in [1.54, 1.807) is 24.3 Å². The molecule has 0 aromatic heterocycles. The summed E-state index contributed by atoms with van der Waals surface area (Å²) in [4.78, 5) is 28.8. The standard InChI is InChI=1S/C22H24ClF3N4O3/c1-15(21(32)28-18-4-2-3-16(23)13-18)30-11-9-29(10-12-30)14-20(31)27-17-5-7-19(8-6-17)33-22(24,25)26/h2-8,13,15H,9-12,14H2,1H3,(H,27,31)(H,28,32). The molecule has 7 nitrogen and oxygen atoms in total. The van der Waals surface area contributed by atoms with E-state index in [0.29, 0.717) is 42.6 Å². The average molecular weight is 485 g/mol. The largest absolute Gasteiger partial charge is 0.573 e. The molecule has 1 fully saturated rings. The number of nitrogens with zero attached hydrogens (tertiary/aromatic N) is 2. The summed E-state index contributed by atoms with van der Waals surface area (Å²) in [6, 6.07) is 11.6. The van der Waals surface area contributed by atoms with Crippen molar-refractivity contribution in [2.24, 2.45) is 0 Å². The van der Waals surface area contributed by atoms with Crippen LogP contribution in [-0.2, 0) is 9.59 Å². The summed E-state index contributed by atoms with van der Waals surface area (Å²) in [5.41, 5.74) is 1.01. The molecule has 11 heteroatoms. The van der Waals surface area contributed by atoms with Crippen molar-refractivity contribution in [1.29, 1.82) is 0 Å². The van der Waals surface area contributed by atoms with Gasteiger partial charge in [0.2, 0.25) is 11.8 Å². The van der Waals surface area contributed by atoms with Gasteiger partial charge < -0.3 is 15.4 Å². The maximum absolute atomic E-state index is 12.5. The summed E-state index contributed by atoms with van der Waals surface area (Å²) in [5.74, 6) is -0.772. The van der Waals surface area contributed by atoms with Gasteiger partial charge in [-0.1, -0.05) is 17.7 Å². The molecule has 2 amide bonds. The van der Waals surface area contributed by atoms with Gasteiger partial charge in [0.15, 0.2) is 0 Å². The molecule has 33 heavy (non-hydrogen) atoms. The van der Waals surface area contributed by atoms with Gasteiger partial charge in [-0.25, -0.2) is 0 Å². The van der Waals surface area contributed by atoms with Crippen LogP contribution in [0.15, 0.2) is 48.5 Å². The lowest BCUT2D eigenvalue weighted by Gasteiger charge is -2.37. The summed E-state index contributed by atoms with van der Waals surface area (Å²) < 4.78 is 40.5. The van der Waals surface area contributed by atoms with Crippen molar-refractivity contribution in [1.82, 2.24) is 9.80 Å². The van der Waals surface area contributed by atoms with Gasteiger partial charge in [-0.2, -0.15) is 0 Å². The van der Waals surface area contributed by atoms with Gasteiger partial charge in [-0.15, -0.1) is 13.2 Å². The third kappa shape index (κ3) is 7.92. The van der Waals surface area contributed by atoms with E-state index in [-0.39, 0.29) is 30.2 Å². The fourth-order valence-corrected chi connectivity index (χ4v) is 3.62. The van der Waals surface area contributed by atoms with Gasteiger partial charge in [-0.3, -0.25) is 19.4 Å². The van der Waals surface area contributed by atoms with E-state index in [9.17, 15) is 22.8 Å². The van der Waals surface area contributed by atoms with Crippen molar-refractivity contribution >= 4 is 34.8 Å². The Hall–Kier alpha value is -2.82. The monoisotopic (exact) mass is 484 g/mol. The molecule has 0 spiro atoms. The van der Waals surface area contributed by atoms with Crippen LogP contribution in [0.1, 0.15) is 6.92 Å². The van der Waals surface area contributed by atoms with Gasteiger partial charge in [-0.05, 0) is 49.4 Å². The molecule has 2 aromatic carbocycles. The van der Waals surface area contributed by atoms with E-state index in [0.717, 1.165) is 12.1 Å². The first-order chi connectivity index (χ1) is 15.6. The highest BCUT2D eigenvalue weighted by atomic mass is 35.5. The zero-order valence-electron chi connectivity index (χ0n) is 17.9. The smallest absolute Gasteiger partial charge is 0.406 e. The number of hydrogen-bond donors (Lipinski definition) is 2. The second-order valence-corrected chi connectivity index (χ2v) is 8.04. The number of ether oxygens (including phenoxy) is 1. The molecule has 1 heterocycles. The van der Waals surface area contributed by atoms with Gasteiger partial charge in [0.05, 0.1) is 12.6 Å². The molecule has 0 radical (unpaired) electrons. The molecule has 178 valence electrons. The predicted molar refractivity (Wildman–Crippen MR) is 119 cm³/mol. The zero-order chi connectivity index (χ0) is 24.0. The maximum atomic E-state index is 12.5. The Labute approximate surface area is 194 Å². The Morgan fingerprint density at radius 3 is 2.30 bits per heavy atom. The fraction of sp³-hybridized carbons (Fsp3) is 0.364. The minimum Gasteiger partial charge on any atom is -0.406 e. The van der Waals surface area contributed by atoms with Crippen molar-refractivity contribution in [2.45, 2.75) is 19.3 Å². The fourth-order valence-electron chi connectivity index (χ4n) is 3.43. The first kappa shape index (κ1) is 24.8. The molecule has 2 N–H and O–H groups in total. The molecular formula is C22H24ClF3N4O3. The first-order valence-corrected chi connectivity index (χ1v) is 10.7. The Balaban J connectivity index is 1.42. The van der Waals surface area contributed by atoms with Crippen molar-refractivity contribution in [3.63, 3.8) is 0 Å². The molecule has 1 aliphatic heterocycles. The molecule has 1 saturated heterocycles. The van der Waals surface area contributed by atoms with Gasteiger partial charge in [0.25, 0.3) is 0 Å². The van der Waals surface area contributed by atoms with Gasteiger partial charge in [0.1, 0.15) is 5.75 Å². The second-order valence-electron chi connectivity index (χ2n) is 7.61. The van der Waals surface area contributed by atoms with E-state index < -0.39 is 6.36 Å². The molecule has 0 saturated carbocycles. The Bertz CT molecular complexity index is 964. The van der Waals surface area contributed by atoms with Crippen LogP contribution in [0.2, 0.25) is 5.02 Å². The lowest BCUT2D eigenvalue weighted by Crippen LogP contribution is -2.53. The van der Waals surface area contributed by atoms with E-state index >= 15 is 0 Å². The summed E-state index contributed by atoms with van der Waals surface area (Å²) >= 11 is 5.95. The average Bonchev–Trinajstić information content (AvgIpc) is 2.74. The van der Waals surface area contributed by atoms with Crippen molar-refractivity contribution in [3.8, 4) is 5.75 Å². The van der Waals surface area contributed by atoms with Gasteiger partial charge in [0, 0.05) is 42.6 Å². The van der Waals surface area contributed by atoms with Gasteiger partial charge >= 0.3 is 6.36 Å². The summed E-state index contributed by atoms with van der Waals surface area (Å²) in [7, 11) is 0. The van der Waals surface area contributed by atoms with E-state index in [4.69, 9.17) is 11.6 Å². The Morgan fingerprint density at radius 1 is 1.03 bits per heavy atom. The quantitative estimate of drug-likeness (QED) is 0.625. The predicted octanol–water partition coefficient (Wildman–Crippen LogP) is 3.82. The molecular weight excluding hydrogens is 461 g/mol. The first-order valence-electron chi connectivity index (χ1n) is 10.3. The summed E-state index contributed by atoms with van der Waals surface area (Å²) in [6.45, 7) is 4.38. The summed E-state index contributed by atoms with van der Waals surface area (Å²) in [6.07, 6.45) is -4.76. The lowest BCUT2D eigenvalue weighted by atomic mass is 10.2. The highest BCUT2D eigenvalue weighted by Crippen LogP contribution is 2.24. The molecule has 1 aliphatic rings. The topological polar surface area (TPSA) is 73.9 Å². The molecule has 0 bridgehead atoms. The van der Waals surface area contributed by atoms with Crippen LogP contribution >= 0.6 is 11.6 Å². The number of alkyl halides is 3. The minimum atomic E-state index is -4.76. The number of nitrogens with one attached hydrogen (secondary N) is 2. The molecule has 0 aliphatic carbocycles. The number of amides is 2. The lowest BCUT2D eigenvalue weighted by molar-refractivity contribution is -0.274. The number of halogens is 4.